The Bertz CT molecular complexity index is 694. The highest BCUT2D eigenvalue weighted by Gasteiger charge is 2.30. The van der Waals surface area contributed by atoms with Crippen LogP contribution < -0.4 is 4.74 Å². The molecule has 3 fully saturated rings. The highest BCUT2D eigenvalue weighted by molar-refractivity contribution is 14.1. The van der Waals surface area contributed by atoms with Crippen molar-refractivity contribution in [2.24, 2.45) is 0 Å². The molecule has 0 aromatic heterocycles. The number of methoxy groups -OCH3 is 1. The molecule has 1 saturated carbocycles. The van der Waals surface area contributed by atoms with Crippen LogP contribution in [0.2, 0.25) is 0 Å². The quantitative estimate of drug-likeness (QED) is 0.200. The Morgan fingerprint density at radius 3 is 1.97 bits per heavy atom. The average Bonchev–Trinajstić information content (AvgIpc) is 2.80. The predicted molar refractivity (Wildman–Crippen MR) is 156 cm³/mol. The first-order chi connectivity index (χ1) is 16.1. The van der Waals surface area contributed by atoms with Gasteiger partial charge in [0.05, 0.1) is 39.2 Å². The van der Waals surface area contributed by atoms with Gasteiger partial charge in [0, 0.05) is 16.2 Å². The highest BCUT2D eigenvalue weighted by Crippen LogP contribution is 2.41. The molecule has 33 heavy (non-hydrogen) atoms. The van der Waals surface area contributed by atoms with Crippen LogP contribution in [0.25, 0.3) is 0 Å². The molecule has 8 heteroatoms. The zero-order valence-electron chi connectivity index (χ0n) is 19.6. The molecule has 1 aliphatic carbocycles. The van der Waals surface area contributed by atoms with Crippen LogP contribution in [-0.4, -0.2) is 45.7 Å². The van der Waals surface area contributed by atoms with Crippen LogP contribution in [0.15, 0.2) is 6.07 Å². The Hall–Kier alpha value is 1.05. The minimum absolute atomic E-state index is 0.265. The van der Waals surface area contributed by atoms with E-state index in [0.29, 0.717) is 26.4 Å². The van der Waals surface area contributed by atoms with Gasteiger partial charge in [-0.15, -0.1) is 0 Å². The van der Waals surface area contributed by atoms with Crippen LogP contribution in [0.1, 0.15) is 82.5 Å². The third-order valence-electron chi connectivity index (χ3n) is 6.29. The standard InChI is InChI=1S/C25H37I3O5/c1-29-13-14-30-15-16-31-24-21(27)17-20(26)22(23(24)28)25-32-18-9-6-4-2-3-5-7-10-19(33-25)12-8-11-18/h17-19,25H,2-16H2,1H3. The van der Waals surface area contributed by atoms with Crippen molar-refractivity contribution in [2.75, 3.05) is 33.5 Å². The SMILES string of the molecule is COCCOCCOc1c(I)cc(I)c(C2OC3CCCCCCCCC(CCC3)O2)c1I. The Morgan fingerprint density at radius 1 is 0.758 bits per heavy atom. The monoisotopic (exact) mass is 798 g/mol. The van der Waals surface area contributed by atoms with Crippen molar-refractivity contribution >= 4 is 67.8 Å². The van der Waals surface area contributed by atoms with E-state index in [1.54, 1.807) is 7.11 Å². The first kappa shape index (κ1) is 28.6. The molecule has 1 aromatic rings. The van der Waals surface area contributed by atoms with Crippen LogP contribution in [0.4, 0.5) is 0 Å². The number of fused-ring (bicyclic) bond motifs is 11. The fourth-order valence-electron chi connectivity index (χ4n) is 4.48. The van der Waals surface area contributed by atoms with Crippen molar-refractivity contribution in [3.05, 3.63) is 22.3 Å². The number of rotatable bonds is 8. The van der Waals surface area contributed by atoms with Crippen molar-refractivity contribution < 1.29 is 23.7 Å². The third-order valence-corrected chi connectivity index (χ3v) is 9.06. The lowest BCUT2D eigenvalue weighted by Gasteiger charge is -2.33. The molecule has 0 amide bonds. The molecule has 2 heterocycles. The second-order valence-corrected chi connectivity index (χ2v) is 12.2. The summed E-state index contributed by atoms with van der Waals surface area (Å²) in [5.41, 5.74) is 1.12. The van der Waals surface area contributed by atoms with Gasteiger partial charge < -0.3 is 23.7 Å². The summed E-state index contributed by atoms with van der Waals surface area (Å²) in [6.45, 7) is 2.23. The molecule has 4 rings (SSSR count). The van der Waals surface area contributed by atoms with E-state index >= 15 is 0 Å². The number of ether oxygens (including phenoxy) is 5. The van der Waals surface area contributed by atoms with Gasteiger partial charge in [-0.1, -0.05) is 38.5 Å². The first-order valence-electron chi connectivity index (χ1n) is 12.3. The molecule has 2 aliphatic heterocycles. The Labute approximate surface area is 240 Å². The first-order valence-corrected chi connectivity index (χ1v) is 15.5. The number of benzene rings is 1. The summed E-state index contributed by atoms with van der Waals surface area (Å²) in [4.78, 5) is 0. The van der Waals surface area contributed by atoms with E-state index in [4.69, 9.17) is 23.7 Å². The minimum Gasteiger partial charge on any atom is -0.489 e. The summed E-state index contributed by atoms with van der Waals surface area (Å²) in [6, 6.07) is 2.18. The van der Waals surface area contributed by atoms with E-state index in [0.717, 1.165) is 44.1 Å². The van der Waals surface area contributed by atoms with Gasteiger partial charge >= 0.3 is 0 Å². The molecule has 0 radical (unpaired) electrons. The molecule has 3 aliphatic rings. The Morgan fingerprint density at radius 2 is 1.33 bits per heavy atom. The fraction of sp³-hybridized carbons (Fsp3) is 0.760. The van der Waals surface area contributed by atoms with E-state index < -0.39 is 0 Å². The van der Waals surface area contributed by atoms with Crippen LogP contribution in [0.5, 0.6) is 5.75 Å². The van der Waals surface area contributed by atoms with E-state index in [1.165, 1.54) is 48.5 Å². The average molecular weight is 798 g/mol. The zero-order chi connectivity index (χ0) is 23.5. The highest BCUT2D eigenvalue weighted by atomic mass is 127. The van der Waals surface area contributed by atoms with Gasteiger partial charge in [-0.2, -0.15) is 0 Å². The second kappa shape index (κ2) is 16.0. The molecule has 0 spiro atoms. The Balaban J connectivity index is 1.79. The van der Waals surface area contributed by atoms with Gasteiger partial charge in [0.15, 0.2) is 6.29 Å². The number of hydrogen-bond donors (Lipinski definition) is 0. The maximum atomic E-state index is 6.72. The van der Waals surface area contributed by atoms with Gasteiger partial charge in [-0.05, 0) is 106 Å². The smallest absolute Gasteiger partial charge is 0.186 e. The normalized spacial score (nSPS) is 25.0. The zero-order valence-corrected chi connectivity index (χ0v) is 26.1. The maximum Gasteiger partial charge on any atom is 0.186 e. The summed E-state index contributed by atoms with van der Waals surface area (Å²) in [5.74, 6) is 0.905. The fourth-order valence-corrected chi connectivity index (χ4v) is 8.68. The molecule has 188 valence electrons. The van der Waals surface area contributed by atoms with Crippen LogP contribution >= 0.6 is 67.8 Å². The molecule has 5 nitrogen and oxygen atoms in total. The van der Waals surface area contributed by atoms with E-state index in [2.05, 4.69) is 73.8 Å². The summed E-state index contributed by atoms with van der Waals surface area (Å²) in [6.07, 6.45) is 13.8. The van der Waals surface area contributed by atoms with Crippen molar-refractivity contribution in [3.63, 3.8) is 0 Å². The summed E-state index contributed by atoms with van der Waals surface area (Å²) < 4.78 is 33.6. The van der Waals surface area contributed by atoms with E-state index in [1.807, 2.05) is 0 Å². The topological polar surface area (TPSA) is 46.2 Å². The molecule has 1 aromatic carbocycles. The molecule has 0 N–H and O–H groups in total. The van der Waals surface area contributed by atoms with Gasteiger partial charge in [-0.25, -0.2) is 0 Å². The minimum atomic E-state index is -0.336. The largest absolute Gasteiger partial charge is 0.489 e. The molecular formula is C25H37I3O5. The second-order valence-electron chi connectivity index (χ2n) is 8.83. The van der Waals surface area contributed by atoms with E-state index in [-0.39, 0.29) is 18.5 Å². The summed E-state index contributed by atoms with van der Waals surface area (Å²) in [7, 11) is 1.68. The lowest BCUT2D eigenvalue weighted by molar-refractivity contribution is -0.215. The van der Waals surface area contributed by atoms with Crippen LogP contribution in [0, 0.1) is 10.7 Å². The Kier molecular flexibility index (Phi) is 13.9. The summed E-state index contributed by atoms with van der Waals surface area (Å²) >= 11 is 7.21. The van der Waals surface area contributed by atoms with Crippen LogP contribution in [-0.2, 0) is 18.9 Å². The van der Waals surface area contributed by atoms with Gasteiger partial charge in [0.1, 0.15) is 12.4 Å². The van der Waals surface area contributed by atoms with Gasteiger partial charge in [0.2, 0.25) is 0 Å². The molecule has 2 unspecified atom stereocenters. The molecular weight excluding hydrogens is 761 g/mol. The van der Waals surface area contributed by atoms with Crippen molar-refractivity contribution in [1.29, 1.82) is 0 Å². The van der Waals surface area contributed by atoms with Crippen LogP contribution in [0.3, 0.4) is 0 Å². The van der Waals surface area contributed by atoms with Crippen molar-refractivity contribution in [1.82, 2.24) is 0 Å². The molecule has 2 saturated heterocycles. The summed E-state index contributed by atoms with van der Waals surface area (Å²) in [5, 5.41) is 0. The lowest BCUT2D eigenvalue weighted by Crippen LogP contribution is -2.28. The van der Waals surface area contributed by atoms with Crippen molar-refractivity contribution in [2.45, 2.75) is 89.1 Å². The van der Waals surface area contributed by atoms with Gasteiger partial charge in [-0.3, -0.25) is 0 Å². The maximum absolute atomic E-state index is 6.72. The third kappa shape index (κ3) is 9.46. The van der Waals surface area contributed by atoms with Crippen molar-refractivity contribution in [3.8, 4) is 5.75 Å². The molecule has 2 bridgehead atoms. The molecule has 2 atom stereocenters. The number of hydrogen-bond acceptors (Lipinski definition) is 5. The van der Waals surface area contributed by atoms with Gasteiger partial charge in [0.25, 0.3) is 0 Å². The lowest BCUT2D eigenvalue weighted by atomic mass is 10.0. The number of halogens is 3. The van der Waals surface area contributed by atoms with E-state index in [9.17, 15) is 0 Å². The predicted octanol–water partition coefficient (Wildman–Crippen LogP) is 7.63.